The predicted molar refractivity (Wildman–Crippen MR) is 128 cm³/mol. The molecule has 4 aromatic rings. The number of nitrogens with one attached hydrogen (secondary N) is 1. The SMILES string of the molecule is Cc1ccccc1-c1nn(-c2ccccc2)cc1/C=C1/C(=O)Nc2ccc(S(N)(=O)=O)cc21. The number of aryl methyl sites for hydroxylation is 1. The Hall–Kier alpha value is -4.01. The first kappa shape index (κ1) is 20.9. The van der Waals surface area contributed by atoms with Crippen LogP contribution in [-0.2, 0) is 14.8 Å². The number of nitrogens with zero attached hydrogens (tertiary/aromatic N) is 2. The second-order valence-corrected chi connectivity index (χ2v) is 9.35. The van der Waals surface area contributed by atoms with Gasteiger partial charge >= 0.3 is 0 Å². The van der Waals surface area contributed by atoms with Crippen molar-refractivity contribution >= 4 is 33.3 Å². The Morgan fingerprint density at radius 3 is 2.42 bits per heavy atom. The summed E-state index contributed by atoms with van der Waals surface area (Å²) in [5.74, 6) is -0.320. The molecule has 1 aromatic heterocycles. The van der Waals surface area contributed by atoms with Gasteiger partial charge in [-0.2, -0.15) is 5.10 Å². The zero-order valence-corrected chi connectivity index (χ0v) is 18.5. The monoisotopic (exact) mass is 456 g/mol. The first-order valence-corrected chi connectivity index (χ1v) is 11.8. The van der Waals surface area contributed by atoms with Crippen LogP contribution in [0.4, 0.5) is 5.69 Å². The Morgan fingerprint density at radius 2 is 1.70 bits per heavy atom. The fraction of sp³-hybridized carbons (Fsp3) is 0.0400. The molecule has 3 aromatic carbocycles. The van der Waals surface area contributed by atoms with E-state index in [1.165, 1.54) is 12.1 Å². The van der Waals surface area contributed by atoms with E-state index in [-0.39, 0.29) is 10.8 Å². The molecule has 7 nitrogen and oxygen atoms in total. The van der Waals surface area contributed by atoms with Crippen molar-refractivity contribution < 1.29 is 13.2 Å². The van der Waals surface area contributed by atoms with Gasteiger partial charge in [-0.15, -0.1) is 0 Å². The Balaban J connectivity index is 1.71. The van der Waals surface area contributed by atoms with E-state index < -0.39 is 10.0 Å². The highest BCUT2D eigenvalue weighted by molar-refractivity contribution is 7.89. The van der Waals surface area contributed by atoms with Crippen LogP contribution in [0.1, 0.15) is 16.7 Å². The number of hydrogen-bond acceptors (Lipinski definition) is 4. The number of carbonyl (C=O) groups is 1. The van der Waals surface area contributed by atoms with Gasteiger partial charge in [0.1, 0.15) is 5.69 Å². The van der Waals surface area contributed by atoms with Crippen molar-refractivity contribution in [2.45, 2.75) is 11.8 Å². The molecule has 0 aliphatic carbocycles. The topological polar surface area (TPSA) is 107 Å². The van der Waals surface area contributed by atoms with E-state index in [4.69, 9.17) is 10.2 Å². The number of benzene rings is 3. The standard InChI is InChI=1S/C25H20N4O3S/c1-16-7-5-6-10-20(16)24-17(15-29(28-24)18-8-3-2-4-9-18)13-22-21-14-19(33(26,31)32)11-12-23(21)27-25(22)30/h2-15H,1H3,(H,27,30)(H2,26,31,32)/b22-13+. The number of carbonyl (C=O) groups excluding carboxylic acids is 1. The highest BCUT2D eigenvalue weighted by Crippen LogP contribution is 2.36. The fourth-order valence-corrected chi connectivity index (χ4v) is 4.44. The van der Waals surface area contributed by atoms with Crippen LogP contribution in [0.15, 0.2) is 83.9 Å². The molecule has 5 rings (SSSR count). The maximum Gasteiger partial charge on any atom is 0.256 e. The van der Waals surface area contributed by atoms with E-state index in [1.807, 2.05) is 67.7 Å². The van der Waals surface area contributed by atoms with Gasteiger partial charge in [-0.25, -0.2) is 18.2 Å². The van der Waals surface area contributed by atoms with E-state index in [0.717, 1.165) is 22.4 Å². The minimum atomic E-state index is -3.91. The van der Waals surface area contributed by atoms with E-state index in [0.29, 0.717) is 22.5 Å². The number of hydrogen-bond donors (Lipinski definition) is 2. The molecule has 0 saturated heterocycles. The molecule has 33 heavy (non-hydrogen) atoms. The van der Waals surface area contributed by atoms with Crippen molar-refractivity contribution in [2.75, 3.05) is 5.32 Å². The van der Waals surface area contributed by atoms with Crippen molar-refractivity contribution in [1.29, 1.82) is 0 Å². The van der Waals surface area contributed by atoms with Crippen LogP contribution in [0, 0.1) is 6.92 Å². The molecule has 0 saturated carbocycles. The molecule has 0 unspecified atom stereocenters. The van der Waals surface area contributed by atoms with Crippen LogP contribution in [0.25, 0.3) is 28.6 Å². The second kappa shape index (κ2) is 7.84. The number of primary sulfonamides is 1. The number of fused-ring (bicyclic) bond motifs is 1. The smallest absolute Gasteiger partial charge is 0.256 e. The summed E-state index contributed by atoms with van der Waals surface area (Å²) in [4.78, 5) is 12.7. The lowest BCUT2D eigenvalue weighted by Gasteiger charge is -2.05. The van der Waals surface area contributed by atoms with Crippen LogP contribution in [0.5, 0.6) is 0 Å². The van der Waals surface area contributed by atoms with E-state index >= 15 is 0 Å². The number of amides is 1. The Bertz CT molecular complexity index is 1540. The van der Waals surface area contributed by atoms with E-state index in [9.17, 15) is 13.2 Å². The molecule has 0 fully saturated rings. The van der Waals surface area contributed by atoms with Gasteiger partial charge in [0, 0.05) is 34.1 Å². The number of anilines is 1. The molecule has 3 N–H and O–H groups in total. The zero-order valence-electron chi connectivity index (χ0n) is 17.7. The molecule has 1 aliphatic rings. The van der Waals surface area contributed by atoms with Gasteiger partial charge in [0.05, 0.1) is 10.6 Å². The number of nitrogens with two attached hydrogens (primary N) is 1. The minimum Gasteiger partial charge on any atom is -0.321 e. The molecule has 1 amide bonds. The maximum absolute atomic E-state index is 12.8. The van der Waals surface area contributed by atoms with Crippen LogP contribution in [0.2, 0.25) is 0 Å². The second-order valence-electron chi connectivity index (χ2n) is 7.79. The summed E-state index contributed by atoms with van der Waals surface area (Å²) in [6.45, 7) is 2.00. The maximum atomic E-state index is 12.8. The lowest BCUT2D eigenvalue weighted by atomic mass is 10.00. The first-order valence-electron chi connectivity index (χ1n) is 10.2. The molecule has 164 valence electrons. The molecule has 2 heterocycles. The Morgan fingerprint density at radius 1 is 0.970 bits per heavy atom. The van der Waals surface area contributed by atoms with E-state index in [2.05, 4.69) is 5.32 Å². The van der Waals surface area contributed by atoms with Gasteiger partial charge in [0.25, 0.3) is 5.91 Å². The summed E-state index contributed by atoms with van der Waals surface area (Å²) in [5.41, 5.74) is 5.67. The van der Waals surface area contributed by atoms with E-state index in [1.54, 1.807) is 16.8 Å². The van der Waals surface area contributed by atoms with Crippen LogP contribution < -0.4 is 10.5 Å². The molecule has 0 radical (unpaired) electrons. The number of para-hydroxylation sites is 1. The molecule has 8 heteroatoms. The largest absolute Gasteiger partial charge is 0.321 e. The van der Waals surface area contributed by atoms with Crippen molar-refractivity contribution in [3.8, 4) is 16.9 Å². The Kier molecular flexibility index (Phi) is 4.96. The average Bonchev–Trinajstić information content (AvgIpc) is 3.35. The third kappa shape index (κ3) is 3.86. The number of sulfonamides is 1. The zero-order chi connectivity index (χ0) is 23.2. The van der Waals surface area contributed by atoms with Gasteiger partial charge in [-0.1, -0.05) is 42.5 Å². The van der Waals surface area contributed by atoms with Crippen LogP contribution in [0.3, 0.4) is 0 Å². The summed E-state index contributed by atoms with van der Waals surface area (Å²) < 4.78 is 25.5. The summed E-state index contributed by atoms with van der Waals surface area (Å²) in [6, 6.07) is 21.9. The van der Waals surface area contributed by atoms with Crippen molar-refractivity contribution in [1.82, 2.24) is 9.78 Å². The molecular formula is C25H20N4O3S. The molecule has 0 atom stereocenters. The van der Waals surface area contributed by atoms with Crippen molar-refractivity contribution in [3.05, 3.63) is 95.7 Å². The van der Waals surface area contributed by atoms with Gasteiger partial charge in [-0.3, -0.25) is 4.79 Å². The van der Waals surface area contributed by atoms with Gasteiger partial charge in [0.2, 0.25) is 10.0 Å². The summed E-state index contributed by atoms with van der Waals surface area (Å²) in [7, 11) is -3.91. The van der Waals surface area contributed by atoms with Crippen LogP contribution in [-0.4, -0.2) is 24.1 Å². The molecule has 1 aliphatic heterocycles. The highest BCUT2D eigenvalue weighted by atomic mass is 32.2. The minimum absolute atomic E-state index is 0.0530. The lowest BCUT2D eigenvalue weighted by molar-refractivity contribution is -0.110. The number of rotatable bonds is 4. The van der Waals surface area contributed by atoms with Gasteiger partial charge in [0.15, 0.2) is 0 Å². The fourth-order valence-electron chi connectivity index (χ4n) is 3.90. The lowest BCUT2D eigenvalue weighted by Crippen LogP contribution is -2.12. The Labute approximate surface area is 191 Å². The quantitative estimate of drug-likeness (QED) is 0.453. The predicted octanol–water partition coefficient (Wildman–Crippen LogP) is 3.99. The molecule has 0 spiro atoms. The number of aromatic nitrogens is 2. The van der Waals surface area contributed by atoms with Crippen molar-refractivity contribution in [3.63, 3.8) is 0 Å². The van der Waals surface area contributed by atoms with Gasteiger partial charge < -0.3 is 5.32 Å². The summed E-state index contributed by atoms with van der Waals surface area (Å²) >= 11 is 0. The average molecular weight is 457 g/mol. The van der Waals surface area contributed by atoms with Gasteiger partial charge in [-0.05, 0) is 48.9 Å². The summed E-state index contributed by atoms with van der Waals surface area (Å²) in [6.07, 6.45) is 3.60. The third-order valence-electron chi connectivity index (χ3n) is 5.57. The normalized spacial score (nSPS) is 14.4. The van der Waals surface area contributed by atoms with Crippen LogP contribution >= 0.6 is 0 Å². The van der Waals surface area contributed by atoms with Crippen molar-refractivity contribution in [2.24, 2.45) is 5.14 Å². The molecule has 0 bridgehead atoms. The molecular weight excluding hydrogens is 436 g/mol. The first-order chi connectivity index (χ1) is 15.8. The third-order valence-corrected chi connectivity index (χ3v) is 6.48. The summed E-state index contributed by atoms with van der Waals surface area (Å²) in [5, 5.41) is 12.9. The highest BCUT2D eigenvalue weighted by Gasteiger charge is 2.27.